The van der Waals surface area contributed by atoms with Gasteiger partial charge in [-0.3, -0.25) is 0 Å². The number of hydrogen-bond donors (Lipinski definition) is 1. The Balaban J connectivity index is 3.69. The molecule has 0 saturated heterocycles. The largest absolute Gasteiger partial charge is 0.314 e. The van der Waals surface area contributed by atoms with Crippen molar-refractivity contribution >= 4 is 0 Å². The van der Waals surface area contributed by atoms with Crippen LogP contribution in [0, 0.1) is 5.41 Å². The topological polar surface area (TPSA) is 12.0 Å². The second-order valence-corrected chi connectivity index (χ2v) is 7.32. The van der Waals surface area contributed by atoms with Crippen molar-refractivity contribution in [3.05, 3.63) is 0 Å². The molecule has 0 fully saturated rings. The van der Waals surface area contributed by atoms with Crippen LogP contribution in [0.5, 0.6) is 0 Å². The molecular formula is C19H41N. The summed E-state index contributed by atoms with van der Waals surface area (Å²) in [5, 5.41) is 3.65. The molecule has 0 heterocycles. The van der Waals surface area contributed by atoms with Gasteiger partial charge in [-0.15, -0.1) is 0 Å². The van der Waals surface area contributed by atoms with E-state index in [1.165, 1.54) is 77.2 Å². The van der Waals surface area contributed by atoms with Gasteiger partial charge in [0.25, 0.3) is 0 Å². The Morgan fingerprint density at radius 2 is 1.30 bits per heavy atom. The van der Waals surface area contributed by atoms with Crippen molar-refractivity contribution in [2.24, 2.45) is 5.41 Å². The Bertz CT molecular complexity index is 200. The summed E-state index contributed by atoms with van der Waals surface area (Å²) >= 11 is 0. The van der Waals surface area contributed by atoms with Crippen molar-refractivity contribution in [1.82, 2.24) is 5.32 Å². The standard InChI is InChI=1S/C19H41N/c1-6-8-9-10-11-12-13-14-16-19(5,15-7-2)17-20-18(3)4/h18,20H,6-17H2,1-5H3. The van der Waals surface area contributed by atoms with Crippen LogP contribution in [-0.4, -0.2) is 12.6 Å². The van der Waals surface area contributed by atoms with Crippen molar-refractivity contribution in [1.29, 1.82) is 0 Å². The molecule has 0 saturated carbocycles. The van der Waals surface area contributed by atoms with E-state index in [2.05, 4.69) is 39.9 Å². The van der Waals surface area contributed by atoms with Gasteiger partial charge >= 0.3 is 0 Å². The van der Waals surface area contributed by atoms with Crippen molar-refractivity contribution in [2.45, 2.75) is 111 Å². The third kappa shape index (κ3) is 11.8. The second-order valence-electron chi connectivity index (χ2n) is 7.32. The summed E-state index contributed by atoms with van der Waals surface area (Å²) in [6, 6.07) is 0.616. The summed E-state index contributed by atoms with van der Waals surface area (Å²) in [7, 11) is 0. The number of hydrogen-bond acceptors (Lipinski definition) is 1. The highest BCUT2D eigenvalue weighted by Crippen LogP contribution is 2.29. The molecule has 122 valence electrons. The van der Waals surface area contributed by atoms with Gasteiger partial charge in [0.15, 0.2) is 0 Å². The quantitative estimate of drug-likeness (QED) is 0.368. The van der Waals surface area contributed by atoms with Crippen molar-refractivity contribution in [2.75, 3.05) is 6.54 Å². The minimum Gasteiger partial charge on any atom is -0.314 e. The number of nitrogens with one attached hydrogen (secondary N) is 1. The fraction of sp³-hybridized carbons (Fsp3) is 1.00. The molecule has 0 aliphatic carbocycles. The van der Waals surface area contributed by atoms with Gasteiger partial charge in [0, 0.05) is 12.6 Å². The number of unbranched alkanes of at least 4 members (excludes halogenated alkanes) is 7. The minimum atomic E-state index is 0.515. The molecule has 1 N–H and O–H groups in total. The first-order chi connectivity index (χ1) is 9.54. The molecule has 0 aliphatic rings. The molecule has 20 heavy (non-hydrogen) atoms. The maximum Gasteiger partial charge on any atom is 0.00106 e. The van der Waals surface area contributed by atoms with E-state index in [1.807, 2.05) is 0 Å². The van der Waals surface area contributed by atoms with E-state index >= 15 is 0 Å². The van der Waals surface area contributed by atoms with Gasteiger partial charge in [-0.05, 0) is 18.3 Å². The first-order valence-corrected chi connectivity index (χ1v) is 9.27. The smallest absolute Gasteiger partial charge is 0.00106 e. The van der Waals surface area contributed by atoms with Gasteiger partial charge in [-0.25, -0.2) is 0 Å². The normalized spacial score (nSPS) is 14.7. The molecule has 0 aliphatic heterocycles. The van der Waals surface area contributed by atoms with Crippen LogP contribution in [0.3, 0.4) is 0 Å². The molecule has 1 heteroatoms. The zero-order chi connectivity index (χ0) is 15.3. The average molecular weight is 284 g/mol. The van der Waals surface area contributed by atoms with E-state index in [4.69, 9.17) is 0 Å². The molecule has 0 aromatic carbocycles. The van der Waals surface area contributed by atoms with E-state index in [0.29, 0.717) is 11.5 Å². The predicted octanol–water partition coefficient (Wildman–Crippen LogP) is 6.32. The third-order valence-electron chi connectivity index (χ3n) is 4.42. The monoisotopic (exact) mass is 283 g/mol. The lowest BCUT2D eigenvalue weighted by atomic mass is 9.80. The van der Waals surface area contributed by atoms with Gasteiger partial charge in [0.2, 0.25) is 0 Å². The maximum absolute atomic E-state index is 3.65. The first-order valence-electron chi connectivity index (χ1n) is 9.27. The van der Waals surface area contributed by atoms with Gasteiger partial charge in [-0.1, -0.05) is 92.4 Å². The van der Waals surface area contributed by atoms with E-state index in [1.54, 1.807) is 0 Å². The Kier molecular flexibility index (Phi) is 12.7. The fourth-order valence-electron chi connectivity index (χ4n) is 3.04. The van der Waals surface area contributed by atoms with E-state index in [9.17, 15) is 0 Å². The number of rotatable bonds is 14. The second kappa shape index (κ2) is 12.7. The summed E-state index contributed by atoms with van der Waals surface area (Å²) < 4.78 is 0. The van der Waals surface area contributed by atoms with Crippen molar-refractivity contribution < 1.29 is 0 Å². The molecule has 0 rings (SSSR count). The lowest BCUT2D eigenvalue weighted by Gasteiger charge is -2.31. The Morgan fingerprint density at radius 3 is 1.80 bits per heavy atom. The predicted molar refractivity (Wildman–Crippen MR) is 93.4 cm³/mol. The fourth-order valence-corrected chi connectivity index (χ4v) is 3.04. The Morgan fingerprint density at radius 1 is 0.750 bits per heavy atom. The van der Waals surface area contributed by atoms with Gasteiger partial charge in [0.1, 0.15) is 0 Å². The van der Waals surface area contributed by atoms with Crippen molar-refractivity contribution in [3.63, 3.8) is 0 Å². The molecular weight excluding hydrogens is 242 g/mol. The SMILES string of the molecule is CCCCCCCCCCC(C)(CCC)CNC(C)C. The molecule has 0 aromatic heterocycles. The lowest BCUT2D eigenvalue weighted by Crippen LogP contribution is -2.35. The average Bonchev–Trinajstić information content (AvgIpc) is 2.40. The Hall–Kier alpha value is -0.0400. The van der Waals surface area contributed by atoms with Crippen LogP contribution in [-0.2, 0) is 0 Å². The van der Waals surface area contributed by atoms with Crippen LogP contribution in [0.15, 0.2) is 0 Å². The lowest BCUT2D eigenvalue weighted by molar-refractivity contribution is 0.239. The summed E-state index contributed by atoms with van der Waals surface area (Å²) in [4.78, 5) is 0. The summed E-state index contributed by atoms with van der Waals surface area (Å²) in [5.74, 6) is 0. The summed E-state index contributed by atoms with van der Waals surface area (Å²) in [5.41, 5.74) is 0.515. The van der Waals surface area contributed by atoms with Gasteiger partial charge < -0.3 is 5.32 Å². The third-order valence-corrected chi connectivity index (χ3v) is 4.42. The van der Waals surface area contributed by atoms with Crippen LogP contribution in [0.4, 0.5) is 0 Å². The van der Waals surface area contributed by atoms with E-state index < -0.39 is 0 Å². The Labute approximate surface area is 129 Å². The van der Waals surface area contributed by atoms with Crippen molar-refractivity contribution in [3.8, 4) is 0 Å². The molecule has 0 aromatic rings. The van der Waals surface area contributed by atoms with Gasteiger partial charge in [0.05, 0.1) is 0 Å². The molecule has 0 bridgehead atoms. The zero-order valence-electron chi connectivity index (χ0n) is 15.1. The van der Waals surface area contributed by atoms with Crippen LogP contribution in [0.2, 0.25) is 0 Å². The van der Waals surface area contributed by atoms with Gasteiger partial charge in [-0.2, -0.15) is 0 Å². The van der Waals surface area contributed by atoms with Crippen LogP contribution < -0.4 is 5.32 Å². The maximum atomic E-state index is 3.65. The molecule has 0 spiro atoms. The highest BCUT2D eigenvalue weighted by atomic mass is 14.9. The summed E-state index contributed by atoms with van der Waals surface area (Å²) in [6.45, 7) is 12.8. The molecule has 0 radical (unpaired) electrons. The molecule has 1 unspecified atom stereocenters. The zero-order valence-corrected chi connectivity index (χ0v) is 15.1. The minimum absolute atomic E-state index is 0.515. The summed E-state index contributed by atoms with van der Waals surface area (Å²) in [6.07, 6.45) is 15.5. The molecule has 1 nitrogen and oxygen atoms in total. The molecule has 1 atom stereocenters. The van der Waals surface area contributed by atoms with E-state index in [-0.39, 0.29) is 0 Å². The van der Waals surface area contributed by atoms with Crippen LogP contribution >= 0.6 is 0 Å². The first kappa shape index (κ1) is 20.0. The van der Waals surface area contributed by atoms with E-state index in [0.717, 1.165) is 0 Å². The highest BCUT2D eigenvalue weighted by molar-refractivity contribution is 4.77. The highest BCUT2D eigenvalue weighted by Gasteiger charge is 2.22. The van der Waals surface area contributed by atoms with Crippen LogP contribution in [0.1, 0.15) is 105 Å². The van der Waals surface area contributed by atoms with Crippen LogP contribution in [0.25, 0.3) is 0 Å². The molecule has 0 amide bonds.